The highest BCUT2D eigenvalue weighted by Gasteiger charge is 2.14. The quantitative estimate of drug-likeness (QED) is 0.738. The molecule has 0 aliphatic rings. The van der Waals surface area contributed by atoms with Crippen LogP contribution in [0.1, 0.15) is 12.0 Å². The number of hydrogen-bond acceptors (Lipinski definition) is 1. The van der Waals surface area contributed by atoms with Crippen LogP contribution in [-0.4, -0.2) is 0 Å². The van der Waals surface area contributed by atoms with Crippen LogP contribution in [0.2, 0.25) is 0 Å². The Kier molecular flexibility index (Phi) is 2.07. The molecular formula is C9H5BrF2O. The summed E-state index contributed by atoms with van der Waals surface area (Å²) in [5.74, 6) is 0. The molecule has 0 saturated carbocycles. The Morgan fingerprint density at radius 3 is 2.77 bits per heavy atom. The van der Waals surface area contributed by atoms with Crippen molar-refractivity contribution in [2.45, 2.75) is 6.43 Å². The van der Waals surface area contributed by atoms with E-state index in [1.54, 1.807) is 18.2 Å². The summed E-state index contributed by atoms with van der Waals surface area (Å²) in [6, 6.07) is 5.03. The maximum absolute atomic E-state index is 12.4. The minimum absolute atomic E-state index is 0.0590. The second-order valence-electron chi connectivity index (χ2n) is 2.63. The van der Waals surface area contributed by atoms with E-state index in [1.165, 1.54) is 0 Å². The summed E-state index contributed by atoms with van der Waals surface area (Å²) in [6.07, 6.45) is -1.39. The number of benzene rings is 1. The molecule has 0 atom stereocenters. The van der Waals surface area contributed by atoms with Crippen LogP contribution in [0.4, 0.5) is 8.78 Å². The average Bonchev–Trinajstić information content (AvgIpc) is 2.46. The number of hydrogen-bond donors (Lipinski definition) is 0. The van der Waals surface area contributed by atoms with Crippen LogP contribution in [0.5, 0.6) is 0 Å². The summed E-state index contributed by atoms with van der Waals surface area (Å²) >= 11 is 3.21. The minimum Gasteiger partial charge on any atom is -0.464 e. The summed E-state index contributed by atoms with van der Waals surface area (Å²) in [5, 5.41) is 0.462. The third kappa shape index (κ3) is 1.46. The van der Waals surface area contributed by atoms with E-state index in [1.807, 2.05) is 0 Å². The van der Waals surface area contributed by atoms with Gasteiger partial charge < -0.3 is 4.42 Å². The molecule has 2 rings (SSSR count). The summed E-state index contributed by atoms with van der Waals surface area (Å²) in [6.45, 7) is 0. The first kappa shape index (κ1) is 8.69. The Labute approximate surface area is 81.5 Å². The number of rotatable bonds is 1. The largest absolute Gasteiger partial charge is 0.464 e. The summed E-state index contributed by atoms with van der Waals surface area (Å²) in [4.78, 5) is 0. The first-order chi connectivity index (χ1) is 6.18. The summed E-state index contributed by atoms with van der Waals surface area (Å²) < 4.78 is 30.5. The fraction of sp³-hybridized carbons (Fsp3) is 0.111. The van der Waals surface area contributed by atoms with Gasteiger partial charge in [-0.05, 0) is 18.2 Å². The SMILES string of the molecule is FC(F)c1coc2ccc(Br)cc12. The molecule has 1 aromatic carbocycles. The Hall–Kier alpha value is -0.900. The molecule has 4 heteroatoms. The van der Waals surface area contributed by atoms with Crippen molar-refractivity contribution < 1.29 is 13.2 Å². The zero-order valence-corrected chi connectivity index (χ0v) is 8.01. The maximum atomic E-state index is 12.4. The van der Waals surface area contributed by atoms with Gasteiger partial charge in [0.25, 0.3) is 6.43 Å². The Morgan fingerprint density at radius 1 is 1.31 bits per heavy atom. The lowest BCUT2D eigenvalue weighted by Crippen LogP contribution is -1.79. The van der Waals surface area contributed by atoms with Gasteiger partial charge in [0.2, 0.25) is 0 Å². The normalized spacial score (nSPS) is 11.4. The highest BCUT2D eigenvalue weighted by Crippen LogP contribution is 2.31. The fourth-order valence-electron chi connectivity index (χ4n) is 1.19. The molecule has 1 aromatic heterocycles. The van der Waals surface area contributed by atoms with Crippen LogP contribution in [-0.2, 0) is 0 Å². The predicted octanol–water partition coefficient (Wildman–Crippen LogP) is 4.13. The molecular weight excluding hydrogens is 242 g/mol. The first-order valence-electron chi connectivity index (χ1n) is 3.63. The van der Waals surface area contributed by atoms with Crippen molar-refractivity contribution in [3.05, 3.63) is 34.5 Å². The molecule has 0 aliphatic carbocycles. The fourth-order valence-corrected chi connectivity index (χ4v) is 1.55. The zero-order chi connectivity index (χ0) is 9.42. The van der Waals surface area contributed by atoms with Crippen LogP contribution in [0, 0.1) is 0 Å². The van der Waals surface area contributed by atoms with Crippen molar-refractivity contribution in [3.63, 3.8) is 0 Å². The van der Waals surface area contributed by atoms with Crippen molar-refractivity contribution in [2.75, 3.05) is 0 Å². The number of alkyl halides is 2. The molecule has 2 aromatic rings. The van der Waals surface area contributed by atoms with E-state index in [2.05, 4.69) is 15.9 Å². The molecule has 0 fully saturated rings. The molecule has 0 saturated heterocycles. The van der Waals surface area contributed by atoms with Gasteiger partial charge >= 0.3 is 0 Å². The summed E-state index contributed by atoms with van der Waals surface area (Å²) in [5.41, 5.74) is 0.426. The van der Waals surface area contributed by atoms with Gasteiger partial charge in [0, 0.05) is 9.86 Å². The van der Waals surface area contributed by atoms with Crippen molar-refractivity contribution >= 4 is 26.9 Å². The summed E-state index contributed by atoms with van der Waals surface area (Å²) in [7, 11) is 0. The highest BCUT2D eigenvalue weighted by atomic mass is 79.9. The second-order valence-corrected chi connectivity index (χ2v) is 3.55. The van der Waals surface area contributed by atoms with Crippen LogP contribution in [0.15, 0.2) is 33.4 Å². The van der Waals surface area contributed by atoms with Gasteiger partial charge in [-0.2, -0.15) is 0 Å². The Morgan fingerprint density at radius 2 is 2.08 bits per heavy atom. The van der Waals surface area contributed by atoms with Gasteiger partial charge in [0.15, 0.2) is 0 Å². The standard InChI is InChI=1S/C9H5BrF2O/c10-5-1-2-8-6(3-5)7(4-13-8)9(11)12/h1-4,9H. The van der Waals surface area contributed by atoms with E-state index < -0.39 is 6.43 Å². The second kappa shape index (κ2) is 3.10. The minimum atomic E-state index is -2.49. The molecule has 13 heavy (non-hydrogen) atoms. The van der Waals surface area contributed by atoms with Gasteiger partial charge in [-0.15, -0.1) is 0 Å². The monoisotopic (exact) mass is 246 g/mol. The molecule has 0 radical (unpaired) electrons. The van der Waals surface area contributed by atoms with E-state index in [-0.39, 0.29) is 5.56 Å². The van der Waals surface area contributed by atoms with E-state index in [9.17, 15) is 8.78 Å². The maximum Gasteiger partial charge on any atom is 0.267 e. The lowest BCUT2D eigenvalue weighted by Gasteiger charge is -1.94. The number of furan rings is 1. The number of fused-ring (bicyclic) bond motifs is 1. The van der Waals surface area contributed by atoms with E-state index in [0.717, 1.165) is 10.7 Å². The van der Waals surface area contributed by atoms with Crippen molar-refractivity contribution in [2.24, 2.45) is 0 Å². The molecule has 0 N–H and O–H groups in total. The Balaban J connectivity index is 2.71. The van der Waals surface area contributed by atoms with Crippen molar-refractivity contribution in [1.82, 2.24) is 0 Å². The molecule has 1 nitrogen and oxygen atoms in total. The third-order valence-corrected chi connectivity index (χ3v) is 2.29. The smallest absolute Gasteiger partial charge is 0.267 e. The van der Waals surface area contributed by atoms with Crippen LogP contribution in [0.3, 0.4) is 0 Å². The van der Waals surface area contributed by atoms with Crippen molar-refractivity contribution in [1.29, 1.82) is 0 Å². The molecule has 0 unspecified atom stereocenters. The van der Waals surface area contributed by atoms with Crippen LogP contribution < -0.4 is 0 Å². The topological polar surface area (TPSA) is 13.1 Å². The highest BCUT2D eigenvalue weighted by molar-refractivity contribution is 9.10. The van der Waals surface area contributed by atoms with E-state index in [4.69, 9.17) is 4.42 Å². The average molecular weight is 247 g/mol. The number of halogens is 3. The zero-order valence-electron chi connectivity index (χ0n) is 6.43. The van der Waals surface area contributed by atoms with E-state index >= 15 is 0 Å². The molecule has 1 heterocycles. The van der Waals surface area contributed by atoms with Crippen LogP contribution in [0.25, 0.3) is 11.0 Å². The lowest BCUT2D eigenvalue weighted by molar-refractivity contribution is 0.152. The third-order valence-electron chi connectivity index (χ3n) is 1.80. The first-order valence-corrected chi connectivity index (χ1v) is 4.42. The molecule has 68 valence electrons. The molecule has 0 spiro atoms. The Bertz CT molecular complexity index is 436. The molecule has 0 bridgehead atoms. The van der Waals surface area contributed by atoms with Crippen molar-refractivity contribution in [3.8, 4) is 0 Å². The van der Waals surface area contributed by atoms with E-state index in [0.29, 0.717) is 11.0 Å². The van der Waals surface area contributed by atoms with Gasteiger partial charge in [-0.3, -0.25) is 0 Å². The predicted molar refractivity (Wildman–Crippen MR) is 48.9 cm³/mol. The van der Waals surface area contributed by atoms with Gasteiger partial charge in [-0.25, -0.2) is 8.78 Å². The van der Waals surface area contributed by atoms with Crippen LogP contribution >= 0.6 is 15.9 Å². The van der Waals surface area contributed by atoms with Gasteiger partial charge in [0.05, 0.1) is 5.56 Å². The van der Waals surface area contributed by atoms with Gasteiger partial charge in [0.1, 0.15) is 11.8 Å². The molecule has 0 amide bonds. The molecule has 0 aliphatic heterocycles. The lowest BCUT2D eigenvalue weighted by atomic mass is 10.2. The van der Waals surface area contributed by atoms with Gasteiger partial charge in [-0.1, -0.05) is 15.9 Å².